The highest BCUT2D eigenvalue weighted by atomic mass is 19.1. The van der Waals surface area contributed by atoms with E-state index in [-0.39, 0.29) is 30.2 Å². The topological polar surface area (TPSA) is 116 Å². The second-order valence-electron chi connectivity index (χ2n) is 6.56. The van der Waals surface area contributed by atoms with Crippen molar-refractivity contribution in [3.8, 4) is 17.0 Å². The highest BCUT2D eigenvalue weighted by molar-refractivity contribution is 5.75. The first kappa shape index (κ1) is 19.4. The molecule has 28 heavy (non-hydrogen) atoms. The van der Waals surface area contributed by atoms with Crippen LogP contribution in [0.3, 0.4) is 0 Å². The average molecular weight is 383 g/mol. The monoisotopic (exact) mass is 383 g/mol. The summed E-state index contributed by atoms with van der Waals surface area (Å²) in [6, 6.07) is 11.1. The lowest BCUT2D eigenvalue weighted by Crippen LogP contribution is -2.20. The first-order valence-corrected chi connectivity index (χ1v) is 8.74. The number of halogens is 1. The number of anilines is 4. The maximum absolute atomic E-state index is 14.1. The number of aryl methyl sites for hydroxylation is 1. The van der Waals surface area contributed by atoms with Gasteiger partial charge in [-0.1, -0.05) is 6.07 Å². The van der Waals surface area contributed by atoms with Gasteiger partial charge in [-0.2, -0.15) is 4.98 Å². The first-order chi connectivity index (χ1) is 13.4. The number of aromatic hydroxyl groups is 1. The molecule has 0 spiro atoms. The van der Waals surface area contributed by atoms with E-state index in [9.17, 15) is 14.6 Å². The fourth-order valence-electron chi connectivity index (χ4n) is 2.67. The molecule has 0 amide bonds. The predicted octanol–water partition coefficient (Wildman–Crippen LogP) is 3.42. The van der Waals surface area contributed by atoms with Gasteiger partial charge in [-0.15, -0.1) is 0 Å². The molecule has 0 aliphatic rings. The molecule has 0 aliphatic heterocycles. The van der Waals surface area contributed by atoms with E-state index in [0.29, 0.717) is 28.5 Å². The van der Waals surface area contributed by atoms with Crippen LogP contribution in [-0.2, 0) is 0 Å². The maximum atomic E-state index is 14.1. The molecule has 2 aromatic carbocycles. The molecular weight excluding hydrogens is 361 g/mol. The van der Waals surface area contributed by atoms with Crippen LogP contribution in [0, 0.1) is 12.7 Å². The van der Waals surface area contributed by atoms with E-state index in [1.807, 2.05) is 6.92 Å². The number of aromatic nitrogens is 2. The number of nitrogens with zero attached hydrogens (tertiary/aromatic N) is 2. The van der Waals surface area contributed by atoms with Crippen molar-refractivity contribution in [1.82, 2.24) is 9.97 Å². The molecule has 146 valence electrons. The summed E-state index contributed by atoms with van der Waals surface area (Å²) in [6.45, 7) is 3.52. The van der Waals surface area contributed by atoms with Gasteiger partial charge in [-0.25, -0.2) is 9.37 Å². The van der Waals surface area contributed by atoms with Crippen LogP contribution in [0.15, 0.2) is 42.5 Å². The molecule has 1 heterocycles. The van der Waals surface area contributed by atoms with Gasteiger partial charge in [0.15, 0.2) is 0 Å². The first-order valence-electron chi connectivity index (χ1n) is 8.74. The SMILES string of the molecule is Cc1ccc(Nc2ccc(O)c(-c3cc(NC(C)CO)nc(N)n3)c2)c(F)c1. The number of hydrogen-bond acceptors (Lipinski definition) is 7. The maximum Gasteiger partial charge on any atom is 0.222 e. The Bertz CT molecular complexity index is 996. The number of phenols is 1. The smallest absolute Gasteiger partial charge is 0.222 e. The summed E-state index contributed by atoms with van der Waals surface area (Å²) in [5.74, 6) is 0.0680. The van der Waals surface area contributed by atoms with E-state index >= 15 is 0 Å². The van der Waals surface area contributed by atoms with E-state index in [1.54, 1.807) is 37.3 Å². The number of aliphatic hydroxyl groups is 1. The van der Waals surface area contributed by atoms with Crippen LogP contribution >= 0.6 is 0 Å². The van der Waals surface area contributed by atoms with E-state index < -0.39 is 0 Å². The highest BCUT2D eigenvalue weighted by Gasteiger charge is 2.12. The van der Waals surface area contributed by atoms with Crippen molar-refractivity contribution in [3.05, 3.63) is 53.8 Å². The Morgan fingerprint density at radius 1 is 1.14 bits per heavy atom. The van der Waals surface area contributed by atoms with E-state index in [4.69, 9.17) is 5.73 Å². The van der Waals surface area contributed by atoms with Gasteiger partial charge < -0.3 is 26.6 Å². The van der Waals surface area contributed by atoms with Gasteiger partial charge in [-0.3, -0.25) is 0 Å². The lowest BCUT2D eigenvalue weighted by molar-refractivity contribution is 0.281. The normalized spacial score (nSPS) is 11.9. The molecule has 1 atom stereocenters. The largest absolute Gasteiger partial charge is 0.507 e. The Balaban J connectivity index is 1.95. The van der Waals surface area contributed by atoms with Crippen LogP contribution in [0.5, 0.6) is 5.75 Å². The van der Waals surface area contributed by atoms with Crippen LogP contribution in [0.2, 0.25) is 0 Å². The molecule has 8 heteroatoms. The summed E-state index contributed by atoms with van der Waals surface area (Å²) in [5.41, 5.74) is 8.31. The van der Waals surface area contributed by atoms with Gasteiger partial charge in [0.25, 0.3) is 0 Å². The van der Waals surface area contributed by atoms with Crippen LogP contribution in [0.1, 0.15) is 12.5 Å². The fourth-order valence-corrected chi connectivity index (χ4v) is 2.67. The molecule has 0 radical (unpaired) electrons. The number of aliphatic hydroxyl groups excluding tert-OH is 1. The lowest BCUT2D eigenvalue weighted by Gasteiger charge is -2.14. The number of nitrogen functional groups attached to an aromatic ring is 1. The molecule has 3 rings (SSSR count). The van der Waals surface area contributed by atoms with Crippen LogP contribution in [-0.4, -0.2) is 32.8 Å². The predicted molar refractivity (Wildman–Crippen MR) is 108 cm³/mol. The van der Waals surface area contributed by atoms with Gasteiger partial charge in [0.1, 0.15) is 17.4 Å². The van der Waals surface area contributed by atoms with Gasteiger partial charge in [0.05, 0.1) is 18.0 Å². The minimum atomic E-state index is -0.370. The third-order valence-electron chi connectivity index (χ3n) is 4.09. The molecule has 0 fully saturated rings. The van der Waals surface area contributed by atoms with Gasteiger partial charge in [0, 0.05) is 23.4 Å². The Hall–Kier alpha value is -3.39. The van der Waals surface area contributed by atoms with Crippen molar-refractivity contribution < 1.29 is 14.6 Å². The quantitative estimate of drug-likeness (QED) is 0.414. The average Bonchev–Trinajstić information content (AvgIpc) is 2.64. The summed E-state index contributed by atoms with van der Waals surface area (Å²) in [4.78, 5) is 8.26. The van der Waals surface area contributed by atoms with E-state index in [1.165, 1.54) is 12.1 Å². The third-order valence-corrected chi connectivity index (χ3v) is 4.09. The number of rotatable bonds is 6. The molecule has 1 unspecified atom stereocenters. The van der Waals surface area contributed by atoms with Crippen LogP contribution < -0.4 is 16.4 Å². The minimum absolute atomic E-state index is 0.00538. The third kappa shape index (κ3) is 4.47. The second-order valence-corrected chi connectivity index (χ2v) is 6.56. The van der Waals surface area contributed by atoms with Crippen molar-refractivity contribution in [2.45, 2.75) is 19.9 Å². The molecule has 6 N–H and O–H groups in total. The molecule has 0 saturated carbocycles. The van der Waals surface area contributed by atoms with E-state index in [2.05, 4.69) is 20.6 Å². The van der Waals surface area contributed by atoms with Gasteiger partial charge in [0.2, 0.25) is 5.95 Å². The van der Waals surface area contributed by atoms with E-state index in [0.717, 1.165) is 5.56 Å². The number of benzene rings is 2. The fraction of sp³-hybridized carbons (Fsp3) is 0.200. The number of nitrogens with two attached hydrogens (primary N) is 1. The lowest BCUT2D eigenvalue weighted by atomic mass is 10.1. The molecule has 0 saturated heterocycles. The molecular formula is C20H22FN5O2. The Kier molecular flexibility index (Phi) is 5.60. The van der Waals surface area contributed by atoms with Crippen molar-refractivity contribution in [1.29, 1.82) is 0 Å². The zero-order chi connectivity index (χ0) is 20.3. The number of phenolic OH excluding ortho intramolecular Hbond substituents is 1. The van der Waals surface area contributed by atoms with Gasteiger partial charge in [-0.05, 0) is 49.7 Å². The molecule has 1 aromatic heterocycles. The van der Waals surface area contributed by atoms with Crippen molar-refractivity contribution >= 4 is 23.1 Å². The standard InChI is InChI=1S/C20H22FN5O2/c1-11-3-5-16(15(21)7-11)24-13-4-6-18(28)14(8-13)17-9-19(23-12(2)10-27)26-20(22)25-17/h3-9,12,24,27-28H,10H2,1-2H3,(H3,22,23,25,26). The zero-order valence-electron chi connectivity index (χ0n) is 15.6. The zero-order valence-corrected chi connectivity index (χ0v) is 15.6. The second kappa shape index (κ2) is 8.10. The summed E-state index contributed by atoms with van der Waals surface area (Å²) in [7, 11) is 0. The van der Waals surface area contributed by atoms with Crippen molar-refractivity contribution in [2.75, 3.05) is 23.0 Å². The number of hydrogen-bond donors (Lipinski definition) is 5. The van der Waals surface area contributed by atoms with Crippen molar-refractivity contribution in [3.63, 3.8) is 0 Å². The van der Waals surface area contributed by atoms with Crippen molar-refractivity contribution in [2.24, 2.45) is 0 Å². The summed E-state index contributed by atoms with van der Waals surface area (Å²) >= 11 is 0. The Labute approximate surface area is 162 Å². The Morgan fingerprint density at radius 2 is 1.93 bits per heavy atom. The molecule has 3 aromatic rings. The molecule has 0 aliphatic carbocycles. The van der Waals surface area contributed by atoms with Gasteiger partial charge >= 0.3 is 0 Å². The minimum Gasteiger partial charge on any atom is -0.507 e. The molecule has 0 bridgehead atoms. The van der Waals surface area contributed by atoms with Crippen LogP contribution in [0.4, 0.5) is 27.5 Å². The summed E-state index contributed by atoms with van der Waals surface area (Å²) in [5, 5.41) is 25.5. The summed E-state index contributed by atoms with van der Waals surface area (Å²) in [6.07, 6.45) is 0. The Morgan fingerprint density at radius 3 is 2.64 bits per heavy atom. The van der Waals surface area contributed by atoms with Crippen LogP contribution in [0.25, 0.3) is 11.3 Å². The summed E-state index contributed by atoms with van der Waals surface area (Å²) < 4.78 is 14.1. The highest BCUT2D eigenvalue weighted by Crippen LogP contribution is 2.33. The number of nitrogens with one attached hydrogen (secondary N) is 2. The molecule has 7 nitrogen and oxygen atoms in total.